The zero-order valence-corrected chi connectivity index (χ0v) is 19.6. The lowest BCUT2D eigenvalue weighted by molar-refractivity contribution is 0.288. The molecule has 1 aromatic carbocycles. The number of hydrogen-bond donors (Lipinski definition) is 0. The van der Waals surface area contributed by atoms with Crippen LogP contribution in [0, 0.1) is 0 Å². The zero-order chi connectivity index (χ0) is 20.6. The van der Waals surface area contributed by atoms with Crippen LogP contribution in [0.1, 0.15) is 118 Å². The maximum atomic E-state index is 2.54. The Labute approximate surface area is 174 Å². The van der Waals surface area contributed by atoms with Gasteiger partial charge >= 0.3 is 0 Å². The summed E-state index contributed by atoms with van der Waals surface area (Å²) < 4.78 is 2.54. The van der Waals surface area contributed by atoms with Crippen molar-refractivity contribution in [2.45, 2.75) is 123 Å². The van der Waals surface area contributed by atoms with Gasteiger partial charge in [-0.25, -0.2) is 0 Å². The molecule has 2 unspecified atom stereocenters. The second kappa shape index (κ2) is 10.5. The third-order valence-corrected chi connectivity index (χ3v) is 7.18. The maximum Gasteiger partial charge on any atom is 0.0485 e. The van der Waals surface area contributed by atoms with E-state index < -0.39 is 0 Å². The molecule has 1 heteroatoms. The van der Waals surface area contributed by atoms with Gasteiger partial charge in [0.05, 0.1) is 0 Å². The Balaban J connectivity index is 2.34. The van der Waals surface area contributed by atoms with Gasteiger partial charge in [-0.2, -0.15) is 0 Å². The number of hydrogen-bond acceptors (Lipinski definition) is 0. The lowest BCUT2D eigenvalue weighted by Crippen LogP contribution is -2.28. The predicted molar refractivity (Wildman–Crippen MR) is 126 cm³/mol. The third-order valence-electron chi connectivity index (χ3n) is 7.18. The first-order valence-corrected chi connectivity index (χ1v) is 12.1. The minimum Gasteiger partial charge on any atom is -0.342 e. The van der Waals surface area contributed by atoms with Crippen LogP contribution in [0.2, 0.25) is 0 Å². The highest BCUT2D eigenvalue weighted by Crippen LogP contribution is 2.38. The van der Waals surface area contributed by atoms with Gasteiger partial charge in [-0.1, -0.05) is 85.6 Å². The standard InChI is InChI=1S/C27H45N/c1-7-11-13-14-20-26(5,19-12-8-2)24-15-16-25-23(22-24)17-21-28(25)27(6,10-4)18-9-3/h15-17,21-22H,7-14,18-20H2,1-6H3. The van der Waals surface area contributed by atoms with E-state index in [1.54, 1.807) is 5.56 Å². The van der Waals surface area contributed by atoms with Gasteiger partial charge in [0.25, 0.3) is 0 Å². The Morgan fingerprint density at radius 1 is 0.750 bits per heavy atom. The summed E-state index contributed by atoms with van der Waals surface area (Å²) in [6.45, 7) is 14.2. The van der Waals surface area contributed by atoms with Crippen molar-refractivity contribution in [1.82, 2.24) is 4.57 Å². The van der Waals surface area contributed by atoms with Crippen molar-refractivity contribution in [3.8, 4) is 0 Å². The van der Waals surface area contributed by atoms with Crippen molar-refractivity contribution in [3.63, 3.8) is 0 Å². The summed E-state index contributed by atoms with van der Waals surface area (Å²) in [5.74, 6) is 0. The molecule has 0 radical (unpaired) electrons. The van der Waals surface area contributed by atoms with Crippen LogP contribution in [-0.4, -0.2) is 4.57 Å². The van der Waals surface area contributed by atoms with Gasteiger partial charge in [0.1, 0.15) is 0 Å². The summed E-state index contributed by atoms with van der Waals surface area (Å²) in [6.07, 6.45) is 16.7. The second-order valence-electron chi connectivity index (χ2n) is 9.53. The van der Waals surface area contributed by atoms with Crippen molar-refractivity contribution >= 4 is 10.9 Å². The summed E-state index contributed by atoms with van der Waals surface area (Å²) >= 11 is 0. The SMILES string of the molecule is CCCCCCC(C)(CCCC)c1ccc2c(ccn2C(C)(CC)CCC)c1. The molecule has 0 fully saturated rings. The molecule has 0 aliphatic carbocycles. The topological polar surface area (TPSA) is 4.93 Å². The average Bonchev–Trinajstić information content (AvgIpc) is 3.14. The minimum atomic E-state index is 0.226. The number of benzene rings is 1. The van der Waals surface area contributed by atoms with Crippen LogP contribution in [0.3, 0.4) is 0 Å². The van der Waals surface area contributed by atoms with E-state index in [4.69, 9.17) is 0 Å². The summed E-state index contributed by atoms with van der Waals surface area (Å²) in [7, 11) is 0. The smallest absolute Gasteiger partial charge is 0.0485 e. The average molecular weight is 384 g/mol. The van der Waals surface area contributed by atoms with Gasteiger partial charge in [0, 0.05) is 17.3 Å². The molecular weight excluding hydrogens is 338 g/mol. The fraction of sp³-hybridized carbons (Fsp3) is 0.704. The molecule has 0 N–H and O–H groups in total. The highest BCUT2D eigenvalue weighted by atomic mass is 15.0. The van der Waals surface area contributed by atoms with E-state index in [0.717, 1.165) is 0 Å². The Morgan fingerprint density at radius 3 is 2.11 bits per heavy atom. The molecule has 0 aliphatic heterocycles. The van der Waals surface area contributed by atoms with Crippen LogP contribution in [0.4, 0.5) is 0 Å². The Morgan fingerprint density at radius 2 is 1.46 bits per heavy atom. The van der Waals surface area contributed by atoms with Crippen LogP contribution in [0.25, 0.3) is 10.9 Å². The van der Waals surface area contributed by atoms with E-state index in [1.165, 1.54) is 81.5 Å². The number of fused-ring (bicyclic) bond motifs is 1. The van der Waals surface area contributed by atoms with Gasteiger partial charge in [-0.15, -0.1) is 0 Å². The largest absolute Gasteiger partial charge is 0.342 e. The number of nitrogens with zero attached hydrogens (tertiary/aromatic N) is 1. The zero-order valence-electron chi connectivity index (χ0n) is 19.6. The normalized spacial score (nSPS) is 16.2. The molecule has 1 aromatic heterocycles. The van der Waals surface area contributed by atoms with Crippen molar-refractivity contribution < 1.29 is 0 Å². The van der Waals surface area contributed by atoms with Crippen molar-refractivity contribution in [2.75, 3.05) is 0 Å². The van der Waals surface area contributed by atoms with Crippen LogP contribution in [-0.2, 0) is 11.0 Å². The first kappa shape index (κ1) is 23.0. The molecule has 2 rings (SSSR count). The fourth-order valence-corrected chi connectivity index (χ4v) is 4.92. The molecular formula is C27H45N. The number of unbranched alkanes of at least 4 members (excludes halogenated alkanes) is 4. The molecule has 2 atom stereocenters. The number of rotatable bonds is 13. The van der Waals surface area contributed by atoms with E-state index in [0.29, 0.717) is 5.41 Å². The molecule has 28 heavy (non-hydrogen) atoms. The lowest BCUT2D eigenvalue weighted by atomic mass is 9.74. The highest BCUT2D eigenvalue weighted by Gasteiger charge is 2.28. The van der Waals surface area contributed by atoms with Crippen LogP contribution < -0.4 is 0 Å². The third kappa shape index (κ3) is 5.22. The molecule has 0 bridgehead atoms. The minimum absolute atomic E-state index is 0.226. The van der Waals surface area contributed by atoms with Crippen molar-refractivity contribution in [1.29, 1.82) is 0 Å². The van der Waals surface area contributed by atoms with Gasteiger partial charge < -0.3 is 4.57 Å². The first-order chi connectivity index (χ1) is 13.4. The monoisotopic (exact) mass is 383 g/mol. The molecule has 1 nitrogen and oxygen atoms in total. The molecule has 0 saturated carbocycles. The van der Waals surface area contributed by atoms with E-state index in [-0.39, 0.29) is 5.54 Å². The Hall–Kier alpha value is -1.24. The van der Waals surface area contributed by atoms with Gasteiger partial charge in [-0.3, -0.25) is 0 Å². The van der Waals surface area contributed by atoms with Crippen LogP contribution >= 0.6 is 0 Å². The predicted octanol–water partition coefficient (Wildman–Crippen LogP) is 8.98. The van der Waals surface area contributed by atoms with E-state index in [1.807, 2.05) is 0 Å². The van der Waals surface area contributed by atoms with E-state index >= 15 is 0 Å². The van der Waals surface area contributed by atoms with Crippen molar-refractivity contribution in [2.24, 2.45) is 0 Å². The van der Waals surface area contributed by atoms with Gasteiger partial charge in [0.2, 0.25) is 0 Å². The molecule has 0 spiro atoms. The number of aromatic nitrogens is 1. The molecule has 1 heterocycles. The van der Waals surface area contributed by atoms with E-state index in [2.05, 4.69) is 76.6 Å². The quantitative estimate of drug-likeness (QED) is 0.304. The highest BCUT2D eigenvalue weighted by molar-refractivity contribution is 5.81. The lowest BCUT2D eigenvalue weighted by Gasteiger charge is -2.32. The van der Waals surface area contributed by atoms with E-state index in [9.17, 15) is 0 Å². The van der Waals surface area contributed by atoms with Gasteiger partial charge in [0.15, 0.2) is 0 Å². The molecule has 0 aliphatic rings. The maximum absolute atomic E-state index is 2.54. The van der Waals surface area contributed by atoms with Crippen LogP contribution in [0.15, 0.2) is 30.5 Å². The molecule has 2 aromatic rings. The summed E-state index contributed by atoms with van der Waals surface area (Å²) in [5, 5.41) is 1.42. The molecule has 158 valence electrons. The molecule has 0 saturated heterocycles. The van der Waals surface area contributed by atoms with Crippen LogP contribution in [0.5, 0.6) is 0 Å². The summed E-state index contributed by atoms with van der Waals surface area (Å²) in [5.41, 5.74) is 3.50. The fourth-order valence-electron chi connectivity index (χ4n) is 4.92. The first-order valence-electron chi connectivity index (χ1n) is 12.1. The molecule has 0 amide bonds. The Kier molecular flexibility index (Phi) is 8.65. The van der Waals surface area contributed by atoms with Crippen molar-refractivity contribution in [3.05, 3.63) is 36.0 Å². The summed E-state index contributed by atoms with van der Waals surface area (Å²) in [6, 6.07) is 9.70. The Bertz CT molecular complexity index is 712. The summed E-state index contributed by atoms with van der Waals surface area (Å²) in [4.78, 5) is 0. The van der Waals surface area contributed by atoms with Gasteiger partial charge in [-0.05, 0) is 67.2 Å². The second-order valence-corrected chi connectivity index (χ2v) is 9.53.